The Bertz CT molecular complexity index is 1650. The van der Waals surface area contributed by atoms with Crippen molar-refractivity contribution in [3.63, 3.8) is 0 Å². The minimum atomic E-state index is -0.0584. The van der Waals surface area contributed by atoms with Gasteiger partial charge in [0.05, 0.1) is 16.8 Å². The van der Waals surface area contributed by atoms with Gasteiger partial charge in [-0.3, -0.25) is 9.59 Å². The summed E-state index contributed by atoms with van der Waals surface area (Å²) in [6.45, 7) is 2.02. The molecule has 0 amide bonds. The molecule has 0 fully saturated rings. The van der Waals surface area contributed by atoms with E-state index in [1.165, 1.54) is 16.6 Å². The van der Waals surface area contributed by atoms with Crippen molar-refractivity contribution in [3.8, 4) is 5.69 Å². The molecule has 2 aromatic carbocycles. The maximum Gasteiger partial charge on any atom is 0.268 e. The van der Waals surface area contributed by atoms with Crippen molar-refractivity contribution in [3.05, 3.63) is 85.5 Å². The molecule has 0 aliphatic heterocycles. The van der Waals surface area contributed by atoms with Crippen molar-refractivity contribution in [2.75, 3.05) is 5.75 Å². The van der Waals surface area contributed by atoms with Gasteiger partial charge in [0.2, 0.25) is 5.78 Å². The summed E-state index contributed by atoms with van der Waals surface area (Å²) in [7, 11) is 0. The minimum absolute atomic E-state index is 0.0167. The molecule has 0 unspecified atom stereocenters. The van der Waals surface area contributed by atoms with Gasteiger partial charge in [-0.05, 0) is 74.6 Å². The molecule has 0 N–H and O–H groups in total. The summed E-state index contributed by atoms with van der Waals surface area (Å²) < 4.78 is 3.61. The highest BCUT2D eigenvalue weighted by molar-refractivity contribution is 7.99. The molecule has 176 valence electrons. The van der Waals surface area contributed by atoms with Crippen molar-refractivity contribution >= 4 is 56.5 Å². The van der Waals surface area contributed by atoms with Gasteiger partial charge in [-0.1, -0.05) is 41.1 Å². The third-order valence-corrected chi connectivity index (χ3v) is 8.84. The van der Waals surface area contributed by atoms with E-state index in [0.717, 1.165) is 52.7 Å². The van der Waals surface area contributed by atoms with Crippen LogP contribution in [-0.2, 0) is 12.8 Å². The fourth-order valence-corrected chi connectivity index (χ4v) is 6.98. The van der Waals surface area contributed by atoms with Crippen molar-refractivity contribution in [2.24, 2.45) is 0 Å². The first kappa shape index (κ1) is 22.5. The number of carbonyl (C=O) groups excluding carboxylic acids is 1. The summed E-state index contributed by atoms with van der Waals surface area (Å²) in [5.41, 5.74) is 3.57. The molecular formula is C26H21ClN4O2S2. The minimum Gasteiger partial charge on any atom is -0.293 e. The first-order valence-corrected chi connectivity index (χ1v) is 13.6. The molecule has 9 heteroatoms. The lowest BCUT2D eigenvalue weighted by Gasteiger charge is -2.12. The van der Waals surface area contributed by atoms with E-state index in [-0.39, 0.29) is 17.1 Å². The van der Waals surface area contributed by atoms with E-state index in [1.807, 2.05) is 35.6 Å². The van der Waals surface area contributed by atoms with Gasteiger partial charge in [0.15, 0.2) is 10.9 Å². The lowest BCUT2D eigenvalue weighted by atomic mass is 9.97. The van der Waals surface area contributed by atoms with E-state index in [4.69, 9.17) is 11.6 Å². The molecule has 3 heterocycles. The number of fused-ring (bicyclic) bond motifs is 5. The average molecular weight is 521 g/mol. The lowest BCUT2D eigenvalue weighted by Crippen LogP contribution is -2.22. The number of hydrogen-bond acceptors (Lipinski definition) is 6. The quantitative estimate of drug-likeness (QED) is 0.213. The second kappa shape index (κ2) is 8.93. The van der Waals surface area contributed by atoms with Gasteiger partial charge in [0.1, 0.15) is 4.83 Å². The largest absolute Gasteiger partial charge is 0.293 e. The molecule has 35 heavy (non-hydrogen) atoms. The molecule has 0 atom stereocenters. The summed E-state index contributed by atoms with van der Waals surface area (Å²) in [5.74, 6) is 0.655. The second-order valence-electron chi connectivity index (χ2n) is 8.70. The first-order chi connectivity index (χ1) is 17.0. The maximum absolute atomic E-state index is 13.9. The molecule has 0 radical (unpaired) electrons. The van der Waals surface area contributed by atoms with Crippen LogP contribution in [0.1, 0.15) is 39.2 Å². The number of aryl methyl sites for hydroxylation is 3. The summed E-state index contributed by atoms with van der Waals surface area (Å²) in [5, 5.41) is 10.8. The summed E-state index contributed by atoms with van der Waals surface area (Å²) in [4.78, 5) is 28.8. The Morgan fingerprint density at radius 3 is 2.57 bits per heavy atom. The fourth-order valence-electron chi connectivity index (χ4n) is 4.59. The van der Waals surface area contributed by atoms with Crippen LogP contribution in [0.25, 0.3) is 21.7 Å². The molecule has 0 saturated carbocycles. The predicted octanol–water partition coefficient (Wildman–Crippen LogP) is 5.91. The number of rotatable bonds is 5. The Labute approximate surface area is 214 Å². The first-order valence-electron chi connectivity index (χ1n) is 11.4. The Balaban J connectivity index is 1.51. The number of thioether (sulfide) groups is 1. The van der Waals surface area contributed by atoms with Gasteiger partial charge in [0, 0.05) is 15.5 Å². The number of nitrogens with zero attached hydrogens (tertiary/aromatic N) is 4. The van der Waals surface area contributed by atoms with Crippen LogP contribution >= 0.6 is 34.7 Å². The Kier molecular flexibility index (Phi) is 5.75. The third kappa shape index (κ3) is 3.90. The van der Waals surface area contributed by atoms with E-state index >= 15 is 0 Å². The zero-order chi connectivity index (χ0) is 24.1. The smallest absolute Gasteiger partial charge is 0.268 e. The zero-order valence-electron chi connectivity index (χ0n) is 19.0. The second-order valence-corrected chi connectivity index (χ2v) is 11.2. The van der Waals surface area contributed by atoms with Crippen LogP contribution in [0.2, 0.25) is 5.02 Å². The van der Waals surface area contributed by atoms with E-state index < -0.39 is 0 Å². The lowest BCUT2D eigenvalue weighted by molar-refractivity contribution is 0.102. The van der Waals surface area contributed by atoms with Crippen LogP contribution in [0, 0.1) is 6.92 Å². The summed E-state index contributed by atoms with van der Waals surface area (Å²) in [6, 6.07) is 14.7. The molecule has 0 saturated heterocycles. The molecule has 1 aliphatic carbocycles. The summed E-state index contributed by atoms with van der Waals surface area (Å²) in [6.07, 6.45) is 4.11. The number of benzene rings is 2. The van der Waals surface area contributed by atoms with E-state index in [2.05, 4.69) is 10.2 Å². The molecule has 1 aliphatic rings. The van der Waals surface area contributed by atoms with Gasteiger partial charge in [0.25, 0.3) is 5.56 Å². The number of halogens is 1. The highest BCUT2D eigenvalue weighted by atomic mass is 35.5. The van der Waals surface area contributed by atoms with E-state index in [9.17, 15) is 9.59 Å². The summed E-state index contributed by atoms with van der Waals surface area (Å²) >= 11 is 8.95. The number of Topliss-reactive ketones (excluding diaryl/α,β-unsaturated/α-hetero) is 1. The molecule has 3 aromatic heterocycles. The van der Waals surface area contributed by atoms with Crippen molar-refractivity contribution < 1.29 is 4.79 Å². The monoisotopic (exact) mass is 520 g/mol. The zero-order valence-corrected chi connectivity index (χ0v) is 21.3. The topological polar surface area (TPSA) is 69.3 Å². The molecule has 6 rings (SSSR count). The molecule has 5 aromatic rings. The van der Waals surface area contributed by atoms with Gasteiger partial charge in [-0.15, -0.1) is 21.5 Å². The number of hydrogen-bond donors (Lipinski definition) is 0. The number of aromatic nitrogens is 4. The van der Waals surface area contributed by atoms with E-state index in [0.29, 0.717) is 21.5 Å². The Morgan fingerprint density at radius 1 is 1.06 bits per heavy atom. The molecular weight excluding hydrogens is 500 g/mol. The third-order valence-electron chi connectivity index (χ3n) is 6.38. The normalized spacial score (nSPS) is 13.4. The maximum atomic E-state index is 13.9. The number of carbonyl (C=O) groups is 1. The Morgan fingerprint density at radius 2 is 1.80 bits per heavy atom. The van der Waals surface area contributed by atoms with Crippen LogP contribution in [0.15, 0.2) is 58.5 Å². The van der Waals surface area contributed by atoms with Crippen LogP contribution < -0.4 is 5.56 Å². The van der Waals surface area contributed by atoms with E-state index in [1.54, 1.807) is 40.2 Å². The number of ketones is 1. The van der Waals surface area contributed by atoms with Crippen LogP contribution in [0.4, 0.5) is 0 Å². The van der Waals surface area contributed by atoms with Crippen LogP contribution in [-0.4, -0.2) is 30.7 Å². The number of thiophene rings is 1. The fraction of sp³-hybridized carbons (Fsp3) is 0.231. The van der Waals surface area contributed by atoms with Crippen molar-refractivity contribution in [1.29, 1.82) is 0 Å². The van der Waals surface area contributed by atoms with Crippen molar-refractivity contribution in [1.82, 2.24) is 19.2 Å². The van der Waals surface area contributed by atoms with Gasteiger partial charge in [-0.2, -0.15) is 0 Å². The standard InChI is InChI=1S/C26H21ClN4O2S2/c1-15-6-12-18(13-7-15)30-23(33)22-19-4-2-3-5-21(19)35-24(22)31-25(30)28-29-26(31)34-14-20(32)16-8-10-17(27)11-9-16/h6-13H,2-5,14H2,1H3. The van der Waals surface area contributed by atoms with Gasteiger partial charge < -0.3 is 0 Å². The van der Waals surface area contributed by atoms with Gasteiger partial charge >= 0.3 is 0 Å². The predicted molar refractivity (Wildman–Crippen MR) is 142 cm³/mol. The average Bonchev–Trinajstić information content (AvgIpc) is 3.46. The molecule has 0 bridgehead atoms. The van der Waals surface area contributed by atoms with Crippen LogP contribution in [0.3, 0.4) is 0 Å². The van der Waals surface area contributed by atoms with Crippen LogP contribution in [0.5, 0.6) is 0 Å². The highest BCUT2D eigenvalue weighted by Gasteiger charge is 2.25. The SMILES string of the molecule is Cc1ccc(-n2c(=O)c3c4c(sc3n3c(SCC(=O)c5ccc(Cl)cc5)nnc23)CCCC4)cc1. The molecule has 0 spiro atoms. The van der Waals surface area contributed by atoms with Crippen molar-refractivity contribution in [2.45, 2.75) is 37.8 Å². The Hall–Kier alpha value is -2.94. The van der Waals surface area contributed by atoms with Gasteiger partial charge in [-0.25, -0.2) is 8.97 Å². The molecule has 6 nitrogen and oxygen atoms in total. The highest BCUT2D eigenvalue weighted by Crippen LogP contribution is 2.36.